The van der Waals surface area contributed by atoms with Crippen molar-refractivity contribution in [1.29, 1.82) is 0 Å². The van der Waals surface area contributed by atoms with Crippen molar-refractivity contribution in [1.82, 2.24) is 0 Å². The second kappa shape index (κ2) is 8.71. The third-order valence-electron chi connectivity index (χ3n) is 5.45. The van der Waals surface area contributed by atoms with Crippen molar-refractivity contribution >= 4 is 5.57 Å². The maximum Gasteiger partial charge on any atom is 0.340 e. The lowest BCUT2D eigenvalue weighted by atomic mass is 9.84. The number of rotatable bonds is 6. The van der Waals surface area contributed by atoms with Crippen LogP contribution in [0.2, 0.25) is 0 Å². The van der Waals surface area contributed by atoms with Gasteiger partial charge in [0.2, 0.25) is 0 Å². The molecule has 0 unspecified atom stereocenters. The number of hydrogen-bond donors (Lipinski definition) is 0. The first-order valence-electron chi connectivity index (χ1n) is 10.1. The third-order valence-corrected chi connectivity index (χ3v) is 5.45. The zero-order valence-electron chi connectivity index (χ0n) is 17.3. The molecule has 0 aliphatic heterocycles. The minimum absolute atomic E-state index is 0.0511. The van der Waals surface area contributed by atoms with Crippen LogP contribution in [0, 0.1) is 23.3 Å². The smallest absolute Gasteiger partial charge is 0.203 e. The summed E-state index contributed by atoms with van der Waals surface area (Å²) in [4.78, 5) is 0. The standard InChI is InChI=1S/C24H20F8/c1-3-5-13-7-9-15(20(26)19(13)25)16-10-11-17(22(28)21(16)27)18-12-8-14(6-4-2)23(29,30)24(18,31)32/h7-12H,3-6H2,1-2H3. The first-order valence-corrected chi connectivity index (χ1v) is 10.1. The van der Waals surface area contributed by atoms with Gasteiger partial charge in [-0.15, -0.1) is 0 Å². The second-order valence-corrected chi connectivity index (χ2v) is 7.61. The molecule has 2 aromatic carbocycles. The molecule has 0 N–H and O–H groups in total. The Morgan fingerprint density at radius 2 is 1.09 bits per heavy atom. The highest BCUT2D eigenvalue weighted by molar-refractivity contribution is 5.78. The molecule has 0 nitrogen and oxygen atoms in total. The van der Waals surface area contributed by atoms with Gasteiger partial charge in [0.25, 0.3) is 0 Å². The Morgan fingerprint density at radius 1 is 0.594 bits per heavy atom. The molecule has 0 saturated carbocycles. The van der Waals surface area contributed by atoms with Gasteiger partial charge in [0.15, 0.2) is 23.3 Å². The summed E-state index contributed by atoms with van der Waals surface area (Å²) in [7, 11) is 0. The molecule has 32 heavy (non-hydrogen) atoms. The normalized spacial score (nSPS) is 17.2. The van der Waals surface area contributed by atoms with Crippen molar-refractivity contribution in [2.75, 3.05) is 0 Å². The SMILES string of the molecule is CCCC1=CC=C(c2ccc(-c3ccc(CCC)c(F)c3F)c(F)c2F)C(F)(F)C1(F)F. The van der Waals surface area contributed by atoms with Crippen LogP contribution in [0.5, 0.6) is 0 Å². The van der Waals surface area contributed by atoms with Crippen LogP contribution in [0.3, 0.4) is 0 Å². The van der Waals surface area contributed by atoms with Gasteiger partial charge in [-0.3, -0.25) is 0 Å². The molecular formula is C24H20F8. The Morgan fingerprint density at radius 3 is 1.69 bits per heavy atom. The van der Waals surface area contributed by atoms with E-state index < -0.39 is 63.0 Å². The van der Waals surface area contributed by atoms with Gasteiger partial charge in [-0.25, -0.2) is 17.6 Å². The highest BCUT2D eigenvalue weighted by atomic mass is 19.3. The van der Waals surface area contributed by atoms with Gasteiger partial charge >= 0.3 is 11.8 Å². The zero-order chi connectivity index (χ0) is 23.8. The van der Waals surface area contributed by atoms with E-state index >= 15 is 0 Å². The lowest BCUT2D eigenvalue weighted by Gasteiger charge is -2.33. The van der Waals surface area contributed by atoms with Crippen molar-refractivity contribution in [3.63, 3.8) is 0 Å². The van der Waals surface area contributed by atoms with Crippen LogP contribution in [-0.2, 0) is 6.42 Å². The van der Waals surface area contributed by atoms with Gasteiger partial charge in [-0.05, 0) is 18.4 Å². The average Bonchev–Trinajstić information content (AvgIpc) is 2.73. The minimum atomic E-state index is -4.79. The number of aryl methyl sites for hydroxylation is 1. The first kappa shape index (κ1) is 24.0. The lowest BCUT2D eigenvalue weighted by molar-refractivity contribution is -0.149. The predicted octanol–water partition coefficient (Wildman–Crippen LogP) is 8.26. The topological polar surface area (TPSA) is 0 Å². The summed E-state index contributed by atoms with van der Waals surface area (Å²) in [6.45, 7) is 3.29. The summed E-state index contributed by atoms with van der Waals surface area (Å²) in [5.74, 6) is -15.6. The molecule has 2 aromatic rings. The van der Waals surface area contributed by atoms with E-state index in [0.717, 1.165) is 18.2 Å². The summed E-state index contributed by atoms with van der Waals surface area (Å²) < 4.78 is 116. The molecule has 0 amide bonds. The van der Waals surface area contributed by atoms with E-state index in [1.807, 2.05) is 0 Å². The van der Waals surface area contributed by atoms with Crippen molar-refractivity contribution in [3.8, 4) is 11.1 Å². The second-order valence-electron chi connectivity index (χ2n) is 7.61. The van der Waals surface area contributed by atoms with Crippen LogP contribution < -0.4 is 0 Å². The van der Waals surface area contributed by atoms with E-state index in [1.54, 1.807) is 13.8 Å². The van der Waals surface area contributed by atoms with Crippen molar-refractivity contribution in [2.24, 2.45) is 0 Å². The van der Waals surface area contributed by atoms with E-state index in [1.165, 1.54) is 6.07 Å². The summed E-state index contributed by atoms with van der Waals surface area (Å²) in [6, 6.07) is 3.72. The summed E-state index contributed by atoms with van der Waals surface area (Å²) in [5.41, 5.74) is -4.54. The largest absolute Gasteiger partial charge is 0.340 e. The fourth-order valence-electron chi connectivity index (χ4n) is 3.76. The monoisotopic (exact) mass is 460 g/mol. The molecule has 0 atom stereocenters. The van der Waals surface area contributed by atoms with Gasteiger partial charge in [0, 0.05) is 27.8 Å². The average molecular weight is 460 g/mol. The molecule has 0 saturated heterocycles. The zero-order valence-corrected chi connectivity index (χ0v) is 17.3. The summed E-state index contributed by atoms with van der Waals surface area (Å²) in [5, 5.41) is 0. The molecule has 0 spiro atoms. The van der Waals surface area contributed by atoms with Crippen LogP contribution in [0.15, 0.2) is 42.0 Å². The molecule has 0 bridgehead atoms. The maximum absolute atomic E-state index is 14.8. The number of benzene rings is 2. The van der Waals surface area contributed by atoms with E-state index in [9.17, 15) is 35.1 Å². The molecule has 0 fully saturated rings. The van der Waals surface area contributed by atoms with Crippen molar-refractivity contribution in [3.05, 3.63) is 76.4 Å². The Balaban J connectivity index is 2.12. The van der Waals surface area contributed by atoms with Gasteiger partial charge in [-0.2, -0.15) is 17.6 Å². The Hall–Kier alpha value is -2.64. The molecular weight excluding hydrogens is 440 g/mol. The lowest BCUT2D eigenvalue weighted by Crippen LogP contribution is -2.44. The van der Waals surface area contributed by atoms with Crippen molar-refractivity contribution < 1.29 is 35.1 Å². The molecule has 0 radical (unpaired) electrons. The molecule has 8 heteroatoms. The quantitative estimate of drug-likeness (QED) is 0.381. The predicted molar refractivity (Wildman–Crippen MR) is 107 cm³/mol. The minimum Gasteiger partial charge on any atom is -0.203 e. The summed E-state index contributed by atoms with van der Waals surface area (Å²) in [6.07, 6.45) is 2.07. The van der Waals surface area contributed by atoms with Crippen LogP contribution >= 0.6 is 0 Å². The fourth-order valence-corrected chi connectivity index (χ4v) is 3.76. The summed E-state index contributed by atoms with van der Waals surface area (Å²) >= 11 is 0. The Bertz CT molecular complexity index is 1100. The fraction of sp³-hybridized carbons (Fsp3) is 0.333. The van der Waals surface area contributed by atoms with E-state index in [-0.39, 0.29) is 24.8 Å². The molecule has 0 heterocycles. The number of alkyl halides is 4. The highest BCUT2D eigenvalue weighted by Crippen LogP contribution is 2.52. The van der Waals surface area contributed by atoms with Crippen LogP contribution in [0.1, 0.15) is 44.2 Å². The number of allylic oxidation sites excluding steroid dienone is 4. The van der Waals surface area contributed by atoms with Crippen molar-refractivity contribution in [2.45, 2.75) is 51.4 Å². The highest BCUT2D eigenvalue weighted by Gasteiger charge is 2.62. The van der Waals surface area contributed by atoms with Crippen LogP contribution in [0.4, 0.5) is 35.1 Å². The van der Waals surface area contributed by atoms with E-state index in [0.29, 0.717) is 18.6 Å². The molecule has 3 rings (SSSR count). The van der Waals surface area contributed by atoms with Gasteiger partial charge in [0.05, 0.1) is 0 Å². The van der Waals surface area contributed by atoms with Gasteiger partial charge in [0.1, 0.15) is 0 Å². The first-order chi connectivity index (χ1) is 15.0. The molecule has 1 aliphatic rings. The van der Waals surface area contributed by atoms with E-state index in [4.69, 9.17) is 0 Å². The maximum atomic E-state index is 14.8. The van der Waals surface area contributed by atoms with Crippen LogP contribution in [-0.4, -0.2) is 11.8 Å². The van der Waals surface area contributed by atoms with E-state index in [2.05, 4.69) is 0 Å². The molecule has 0 aromatic heterocycles. The Labute approximate surface area is 180 Å². The van der Waals surface area contributed by atoms with Gasteiger partial charge in [-0.1, -0.05) is 63.1 Å². The third kappa shape index (κ3) is 3.73. The molecule has 172 valence electrons. The van der Waals surface area contributed by atoms with Gasteiger partial charge < -0.3 is 0 Å². The number of hydrogen-bond acceptors (Lipinski definition) is 0. The van der Waals surface area contributed by atoms with Crippen LogP contribution in [0.25, 0.3) is 16.7 Å². The number of halogens is 8. The molecule has 1 aliphatic carbocycles. The Kier molecular flexibility index (Phi) is 6.54.